The normalized spacial score (nSPS) is 10.0. The van der Waals surface area contributed by atoms with Gasteiger partial charge in [0.05, 0.1) is 11.8 Å². The fraction of sp³-hybridized carbons (Fsp3) is 0.167. The van der Waals surface area contributed by atoms with Gasteiger partial charge in [-0.2, -0.15) is 5.26 Å². The molecule has 0 fully saturated rings. The fourth-order valence-electron chi connectivity index (χ4n) is 1.40. The molecule has 0 bridgehead atoms. The Morgan fingerprint density at radius 1 is 1.38 bits per heavy atom. The van der Waals surface area contributed by atoms with Gasteiger partial charge < -0.3 is 0 Å². The second kappa shape index (κ2) is 4.86. The van der Waals surface area contributed by atoms with Crippen molar-refractivity contribution in [2.45, 2.75) is 12.1 Å². The van der Waals surface area contributed by atoms with Crippen LogP contribution in [0.3, 0.4) is 0 Å². The summed E-state index contributed by atoms with van der Waals surface area (Å²) < 4.78 is 1.99. The molecule has 0 saturated heterocycles. The minimum Gasteiger partial charge on any atom is -0.295 e. The molecule has 1 aromatic carbocycles. The van der Waals surface area contributed by atoms with Crippen molar-refractivity contribution in [1.29, 1.82) is 5.26 Å². The standard InChI is InChI=1S/C12H11N3S/c1-10-2-4-11(5-3-10)15-8-7-14-12(15)16-9-6-13/h2-5,7-8H,9H2,1H3. The minimum atomic E-state index is 0.420. The van der Waals surface area contributed by atoms with Gasteiger partial charge in [-0.05, 0) is 19.1 Å². The summed E-state index contributed by atoms with van der Waals surface area (Å²) in [5, 5.41) is 9.41. The zero-order valence-corrected chi connectivity index (χ0v) is 9.74. The summed E-state index contributed by atoms with van der Waals surface area (Å²) in [4.78, 5) is 4.23. The van der Waals surface area contributed by atoms with Crippen molar-refractivity contribution in [2.75, 3.05) is 5.75 Å². The molecule has 4 heteroatoms. The van der Waals surface area contributed by atoms with Gasteiger partial charge in [0.25, 0.3) is 0 Å². The van der Waals surface area contributed by atoms with E-state index in [2.05, 4.69) is 30.1 Å². The van der Waals surface area contributed by atoms with Gasteiger partial charge in [0.2, 0.25) is 0 Å². The van der Waals surface area contributed by atoms with Crippen LogP contribution >= 0.6 is 11.8 Å². The molecule has 1 heterocycles. The van der Waals surface area contributed by atoms with Crippen LogP contribution in [0.5, 0.6) is 0 Å². The van der Waals surface area contributed by atoms with Gasteiger partial charge in [0, 0.05) is 18.1 Å². The summed E-state index contributed by atoms with van der Waals surface area (Å²) >= 11 is 1.44. The molecule has 0 N–H and O–H groups in total. The Morgan fingerprint density at radius 2 is 2.12 bits per heavy atom. The highest BCUT2D eigenvalue weighted by molar-refractivity contribution is 7.99. The number of rotatable bonds is 3. The lowest BCUT2D eigenvalue weighted by molar-refractivity contribution is 0.896. The zero-order chi connectivity index (χ0) is 11.4. The highest BCUT2D eigenvalue weighted by Crippen LogP contribution is 2.20. The first-order valence-corrected chi connectivity index (χ1v) is 5.90. The molecular formula is C12H11N3S. The predicted molar refractivity (Wildman–Crippen MR) is 64.6 cm³/mol. The van der Waals surface area contributed by atoms with E-state index in [0.717, 1.165) is 10.8 Å². The number of hydrogen-bond donors (Lipinski definition) is 0. The largest absolute Gasteiger partial charge is 0.295 e. The highest BCUT2D eigenvalue weighted by Gasteiger charge is 2.04. The van der Waals surface area contributed by atoms with Gasteiger partial charge in [-0.1, -0.05) is 29.5 Å². The molecule has 80 valence electrons. The van der Waals surface area contributed by atoms with E-state index >= 15 is 0 Å². The van der Waals surface area contributed by atoms with E-state index in [-0.39, 0.29) is 0 Å². The summed E-state index contributed by atoms with van der Waals surface area (Å²) in [5.41, 5.74) is 2.30. The van der Waals surface area contributed by atoms with Gasteiger partial charge in [0.1, 0.15) is 0 Å². The second-order valence-electron chi connectivity index (χ2n) is 3.36. The van der Waals surface area contributed by atoms with Gasteiger partial charge in [-0.25, -0.2) is 4.98 Å². The van der Waals surface area contributed by atoms with Gasteiger partial charge in [-0.15, -0.1) is 0 Å². The van der Waals surface area contributed by atoms with Crippen molar-refractivity contribution in [3.8, 4) is 11.8 Å². The maximum absolute atomic E-state index is 8.56. The predicted octanol–water partition coefficient (Wildman–Crippen LogP) is 2.80. The summed E-state index contributed by atoms with van der Waals surface area (Å²) in [6, 6.07) is 10.3. The molecule has 16 heavy (non-hydrogen) atoms. The molecule has 0 aliphatic heterocycles. The Bertz CT molecular complexity index is 508. The van der Waals surface area contributed by atoms with Crippen molar-refractivity contribution >= 4 is 11.8 Å². The third kappa shape index (κ3) is 2.26. The zero-order valence-electron chi connectivity index (χ0n) is 8.92. The second-order valence-corrected chi connectivity index (χ2v) is 4.30. The van der Waals surface area contributed by atoms with E-state index in [1.807, 2.05) is 22.9 Å². The van der Waals surface area contributed by atoms with E-state index in [0.29, 0.717) is 5.75 Å². The highest BCUT2D eigenvalue weighted by atomic mass is 32.2. The van der Waals surface area contributed by atoms with Crippen LogP contribution in [-0.4, -0.2) is 15.3 Å². The van der Waals surface area contributed by atoms with E-state index in [9.17, 15) is 0 Å². The van der Waals surface area contributed by atoms with Crippen LogP contribution in [-0.2, 0) is 0 Å². The first-order valence-electron chi connectivity index (χ1n) is 4.91. The number of nitrogens with zero attached hydrogens (tertiary/aromatic N) is 3. The molecule has 1 aromatic heterocycles. The Labute approximate surface area is 98.7 Å². The minimum absolute atomic E-state index is 0.420. The Kier molecular flexibility index (Phi) is 3.28. The first-order chi connectivity index (χ1) is 7.81. The van der Waals surface area contributed by atoms with Gasteiger partial charge in [0.15, 0.2) is 5.16 Å². The van der Waals surface area contributed by atoms with Crippen LogP contribution < -0.4 is 0 Å². The molecule has 0 saturated carbocycles. The van der Waals surface area contributed by atoms with E-state index in [1.54, 1.807) is 6.20 Å². The topological polar surface area (TPSA) is 41.6 Å². The molecule has 2 rings (SSSR count). The van der Waals surface area contributed by atoms with Crippen molar-refractivity contribution < 1.29 is 0 Å². The van der Waals surface area contributed by atoms with Gasteiger partial charge in [-0.3, -0.25) is 4.57 Å². The average Bonchev–Trinajstić information content (AvgIpc) is 2.75. The molecule has 0 aliphatic carbocycles. The third-order valence-corrected chi connectivity index (χ3v) is 3.02. The molecule has 0 spiro atoms. The summed E-state index contributed by atoms with van der Waals surface area (Å²) in [7, 11) is 0. The molecule has 3 nitrogen and oxygen atoms in total. The average molecular weight is 229 g/mol. The first kappa shape index (κ1) is 10.8. The summed E-state index contributed by atoms with van der Waals surface area (Å²) in [6.07, 6.45) is 3.66. The van der Waals surface area contributed by atoms with Crippen LogP contribution in [0.2, 0.25) is 0 Å². The number of aryl methyl sites for hydroxylation is 1. The number of thioether (sulfide) groups is 1. The number of nitriles is 1. The third-order valence-electron chi connectivity index (χ3n) is 2.18. The number of benzene rings is 1. The van der Waals surface area contributed by atoms with E-state index in [4.69, 9.17) is 5.26 Å². The lowest BCUT2D eigenvalue weighted by Crippen LogP contribution is -1.95. The van der Waals surface area contributed by atoms with Crippen molar-refractivity contribution in [3.63, 3.8) is 0 Å². The number of imidazole rings is 1. The smallest absolute Gasteiger partial charge is 0.173 e. The van der Waals surface area contributed by atoms with Gasteiger partial charge >= 0.3 is 0 Å². The van der Waals surface area contributed by atoms with Crippen LogP contribution in [0.15, 0.2) is 41.8 Å². The Balaban J connectivity index is 2.30. The maximum Gasteiger partial charge on any atom is 0.173 e. The van der Waals surface area contributed by atoms with Crippen LogP contribution in [0.4, 0.5) is 0 Å². The maximum atomic E-state index is 8.56. The SMILES string of the molecule is Cc1ccc(-n2ccnc2SCC#N)cc1. The fourth-order valence-corrected chi connectivity index (χ4v) is 2.03. The molecule has 0 atom stereocenters. The van der Waals surface area contributed by atoms with E-state index in [1.165, 1.54) is 17.3 Å². The Hall–Kier alpha value is -1.73. The molecule has 2 aromatic rings. The molecule has 0 unspecified atom stereocenters. The van der Waals surface area contributed by atoms with E-state index < -0.39 is 0 Å². The Morgan fingerprint density at radius 3 is 2.81 bits per heavy atom. The van der Waals surface area contributed by atoms with Crippen molar-refractivity contribution in [3.05, 3.63) is 42.2 Å². The van der Waals surface area contributed by atoms with Crippen LogP contribution in [0.25, 0.3) is 5.69 Å². The molecular weight excluding hydrogens is 218 g/mol. The number of hydrogen-bond acceptors (Lipinski definition) is 3. The molecule has 0 radical (unpaired) electrons. The monoisotopic (exact) mass is 229 g/mol. The molecule has 0 aliphatic rings. The lowest BCUT2D eigenvalue weighted by atomic mass is 10.2. The quantitative estimate of drug-likeness (QED) is 0.760. The summed E-state index contributed by atoms with van der Waals surface area (Å²) in [6.45, 7) is 2.06. The molecule has 0 amide bonds. The summed E-state index contributed by atoms with van der Waals surface area (Å²) in [5.74, 6) is 0.420. The lowest BCUT2D eigenvalue weighted by Gasteiger charge is -2.06. The number of aromatic nitrogens is 2. The van der Waals surface area contributed by atoms with Crippen LogP contribution in [0, 0.1) is 18.3 Å². The van der Waals surface area contributed by atoms with Crippen molar-refractivity contribution in [2.24, 2.45) is 0 Å². The van der Waals surface area contributed by atoms with Crippen molar-refractivity contribution in [1.82, 2.24) is 9.55 Å². The van der Waals surface area contributed by atoms with Crippen LogP contribution in [0.1, 0.15) is 5.56 Å².